The number of nitrogens with one attached hydrogen (secondary N) is 1. The Hall–Kier alpha value is -0.0400. The normalized spacial score (nSPS) is 19.3. The molecule has 0 saturated heterocycles. The van der Waals surface area contributed by atoms with Crippen molar-refractivity contribution in [3.63, 3.8) is 0 Å². The molecule has 0 amide bonds. The maximum atomic E-state index is 3.55. The molecule has 0 aromatic heterocycles. The number of hydrogen-bond donors (Lipinski definition) is 1. The van der Waals surface area contributed by atoms with Crippen LogP contribution in [0.1, 0.15) is 58.8 Å². The summed E-state index contributed by atoms with van der Waals surface area (Å²) >= 11 is 0. The molecule has 0 bridgehead atoms. The smallest absolute Gasteiger partial charge is 0.00462 e. The van der Waals surface area contributed by atoms with Crippen LogP contribution in [0.3, 0.4) is 0 Å². The molecule has 14 heavy (non-hydrogen) atoms. The number of rotatable bonds is 8. The highest BCUT2D eigenvalue weighted by Gasteiger charge is 2.25. The van der Waals surface area contributed by atoms with Gasteiger partial charge in [0, 0.05) is 0 Å². The zero-order valence-electron chi connectivity index (χ0n) is 10.0. The Labute approximate surface area is 89.7 Å². The highest BCUT2D eigenvalue weighted by Crippen LogP contribution is 2.36. The molecule has 1 aliphatic carbocycles. The average Bonchev–Trinajstić information content (AvgIpc) is 2.12. The quantitative estimate of drug-likeness (QED) is 0.586. The molecule has 0 aromatic rings. The fourth-order valence-electron chi connectivity index (χ4n) is 2.40. The molecule has 0 aromatic carbocycles. The van der Waals surface area contributed by atoms with E-state index in [4.69, 9.17) is 0 Å². The maximum Gasteiger partial charge on any atom is -0.00462 e. The summed E-state index contributed by atoms with van der Waals surface area (Å²) in [4.78, 5) is 0. The molecule has 1 fully saturated rings. The van der Waals surface area contributed by atoms with Gasteiger partial charge in [-0.05, 0) is 37.8 Å². The first-order chi connectivity index (χ1) is 6.88. The van der Waals surface area contributed by atoms with E-state index in [0.717, 1.165) is 11.8 Å². The zero-order chi connectivity index (χ0) is 10.2. The monoisotopic (exact) mass is 197 g/mol. The van der Waals surface area contributed by atoms with Crippen LogP contribution < -0.4 is 5.32 Å². The Balaban J connectivity index is 1.97. The van der Waals surface area contributed by atoms with Crippen molar-refractivity contribution in [2.24, 2.45) is 11.8 Å². The Morgan fingerprint density at radius 3 is 2.50 bits per heavy atom. The van der Waals surface area contributed by atoms with Crippen LogP contribution in [0.5, 0.6) is 0 Å². The molecule has 1 rings (SSSR count). The lowest BCUT2D eigenvalue weighted by Gasteiger charge is -2.33. The van der Waals surface area contributed by atoms with E-state index < -0.39 is 0 Å². The second-order valence-corrected chi connectivity index (χ2v) is 4.75. The van der Waals surface area contributed by atoms with E-state index in [-0.39, 0.29) is 0 Å². The van der Waals surface area contributed by atoms with Gasteiger partial charge >= 0.3 is 0 Å². The molecule has 0 aliphatic heterocycles. The van der Waals surface area contributed by atoms with Crippen LogP contribution in [-0.4, -0.2) is 13.1 Å². The lowest BCUT2D eigenvalue weighted by molar-refractivity contribution is 0.189. The van der Waals surface area contributed by atoms with Crippen LogP contribution in [0.2, 0.25) is 0 Å². The molecule has 1 heteroatoms. The second kappa shape index (κ2) is 7.28. The SMILES string of the molecule is CCCCNCC[C@H](CC)C1CCC1. The summed E-state index contributed by atoms with van der Waals surface area (Å²) in [7, 11) is 0. The highest BCUT2D eigenvalue weighted by molar-refractivity contribution is 4.77. The van der Waals surface area contributed by atoms with Crippen molar-refractivity contribution < 1.29 is 0 Å². The largest absolute Gasteiger partial charge is 0.317 e. The lowest BCUT2D eigenvalue weighted by Crippen LogP contribution is -2.26. The topological polar surface area (TPSA) is 12.0 Å². The van der Waals surface area contributed by atoms with Crippen molar-refractivity contribution in [2.45, 2.75) is 58.8 Å². The summed E-state index contributed by atoms with van der Waals surface area (Å²) in [5.74, 6) is 2.09. The first kappa shape index (κ1) is 12.0. The fourth-order valence-corrected chi connectivity index (χ4v) is 2.40. The van der Waals surface area contributed by atoms with Gasteiger partial charge in [0.2, 0.25) is 0 Å². The highest BCUT2D eigenvalue weighted by atomic mass is 14.8. The van der Waals surface area contributed by atoms with Crippen molar-refractivity contribution in [3.8, 4) is 0 Å². The van der Waals surface area contributed by atoms with Crippen molar-refractivity contribution in [3.05, 3.63) is 0 Å². The number of unbranched alkanes of at least 4 members (excludes halogenated alkanes) is 1. The lowest BCUT2D eigenvalue weighted by atomic mass is 9.73. The van der Waals surface area contributed by atoms with E-state index >= 15 is 0 Å². The van der Waals surface area contributed by atoms with E-state index in [1.807, 2.05) is 0 Å². The van der Waals surface area contributed by atoms with Gasteiger partial charge in [0.05, 0.1) is 0 Å². The molecule has 0 spiro atoms. The van der Waals surface area contributed by atoms with Gasteiger partial charge in [-0.3, -0.25) is 0 Å². The van der Waals surface area contributed by atoms with Crippen molar-refractivity contribution >= 4 is 0 Å². The Morgan fingerprint density at radius 2 is 2.00 bits per heavy atom. The van der Waals surface area contributed by atoms with Crippen LogP contribution in [-0.2, 0) is 0 Å². The second-order valence-electron chi connectivity index (χ2n) is 4.75. The van der Waals surface area contributed by atoms with Crippen LogP contribution >= 0.6 is 0 Å². The van der Waals surface area contributed by atoms with Crippen LogP contribution in [0.15, 0.2) is 0 Å². The van der Waals surface area contributed by atoms with Crippen LogP contribution in [0.4, 0.5) is 0 Å². The summed E-state index contributed by atoms with van der Waals surface area (Å²) in [5.41, 5.74) is 0. The molecule has 1 nitrogen and oxygen atoms in total. The van der Waals surface area contributed by atoms with E-state index in [2.05, 4.69) is 19.2 Å². The molecular formula is C13H27N. The first-order valence-corrected chi connectivity index (χ1v) is 6.59. The zero-order valence-corrected chi connectivity index (χ0v) is 10.0. The Morgan fingerprint density at radius 1 is 1.21 bits per heavy atom. The van der Waals surface area contributed by atoms with E-state index in [9.17, 15) is 0 Å². The summed E-state index contributed by atoms with van der Waals surface area (Å²) in [5, 5.41) is 3.55. The Kier molecular flexibility index (Phi) is 6.25. The van der Waals surface area contributed by atoms with E-state index in [0.29, 0.717) is 0 Å². The molecule has 1 N–H and O–H groups in total. The van der Waals surface area contributed by atoms with Crippen LogP contribution in [0, 0.1) is 11.8 Å². The molecule has 1 aliphatic rings. The third-order valence-electron chi connectivity index (χ3n) is 3.74. The van der Waals surface area contributed by atoms with Gasteiger partial charge in [0.25, 0.3) is 0 Å². The van der Waals surface area contributed by atoms with Gasteiger partial charge in [0.1, 0.15) is 0 Å². The first-order valence-electron chi connectivity index (χ1n) is 6.59. The minimum absolute atomic E-state index is 1.01. The van der Waals surface area contributed by atoms with Crippen molar-refractivity contribution in [1.29, 1.82) is 0 Å². The standard InChI is InChI=1S/C13H27N/c1-3-5-10-14-11-9-12(4-2)13-7-6-8-13/h12-14H,3-11H2,1-2H3/t12-/m0/s1. The molecule has 0 radical (unpaired) electrons. The molecule has 1 atom stereocenters. The summed E-state index contributed by atoms with van der Waals surface area (Å²) in [6, 6.07) is 0. The minimum Gasteiger partial charge on any atom is -0.317 e. The van der Waals surface area contributed by atoms with E-state index in [1.54, 1.807) is 0 Å². The van der Waals surface area contributed by atoms with E-state index in [1.165, 1.54) is 58.0 Å². The number of hydrogen-bond acceptors (Lipinski definition) is 1. The predicted octanol–water partition coefficient (Wildman–Crippen LogP) is 3.59. The third kappa shape index (κ3) is 4.00. The minimum atomic E-state index is 1.01. The van der Waals surface area contributed by atoms with Gasteiger partial charge in [-0.15, -0.1) is 0 Å². The summed E-state index contributed by atoms with van der Waals surface area (Å²) in [6.07, 6.45) is 9.95. The van der Waals surface area contributed by atoms with Crippen molar-refractivity contribution in [1.82, 2.24) is 5.32 Å². The molecule has 1 saturated carbocycles. The van der Waals surface area contributed by atoms with Gasteiger partial charge in [-0.1, -0.05) is 46.0 Å². The van der Waals surface area contributed by atoms with Gasteiger partial charge in [-0.2, -0.15) is 0 Å². The van der Waals surface area contributed by atoms with Crippen LogP contribution in [0.25, 0.3) is 0 Å². The molecule has 0 heterocycles. The Bertz CT molecular complexity index is 129. The van der Waals surface area contributed by atoms with Crippen molar-refractivity contribution in [2.75, 3.05) is 13.1 Å². The fraction of sp³-hybridized carbons (Fsp3) is 1.00. The average molecular weight is 197 g/mol. The van der Waals surface area contributed by atoms with Gasteiger partial charge < -0.3 is 5.32 Å². The van der Waals surface area contributed by atoms with Gasteiger partial charge in [0.15, 0.2) is 0 Å². The predicted molar refractivity (Wildman–Crippen MR) is 63.5 cm³/mol. The maximum absolute atomic E-state index is 3.55. The molecular weight excluding hydrogens is 170 g/mol. The summed E-state index contributed by atoms with van der Waals surface area (Å²) < 4.78 is 0. The molecule has 0 unspecified atom stereocenters. The third-order valence-corrected chi connectivity index (χ3v) is 3.74. The van der Waals surface area contributed by atoms with Gasteiger partial charge in [-0.25, -0.2) is 0 Å². The summed E-state index contributed by atoms with van der Waals surface area (Å²) in [6.45, 7) is 7.08. The molecule has 84 valence electrons.